The quantitative estimate of drug-likeness (QED) is 0.154. The number of ether oxygens (including phenoxy) is 1. The summed E-state index contributed by atoms with van der Waals surface area (Å²) in [5.74, 6) is -0.616. The van der Waals surface area contributed by atoms with E-state index in [2.05, 4.69) is 5.32 Å². The van der Waals surface area contributed by atoms with Crippen LogP contribution in [0.5, 0.6) is 5.75 Å². The molecule has 0 aromatic heterocycles. The number of nitrogens with zero attached hydrogens (tertiary/aromatic N) is 2. The van der Waals surface area contributed by atoms with Crippen LogP contribution >= 0.6 is 23.2 Å². The van der Waals surface area contributed by atoms with Crippen molar-refractivity contribution in [1.29, 1.82) is 0 Å². The van der Waals surface area contributed by atoms with Crippen LogP contribution in [0.1, 0.15) is 48.8 Å². The van der Waals surface area contributed by atoms with Gasteiger partial charge in [0.1, 0.15) is 18.3 Å². The fraction of sp³-hybridized carbons (Fsp3) is 0.316. The summed E-state index contributed by atoms with van der Waals surface area (Å²) in [5.41, 5.74) is 2.39. The highest BCUT2D eigenvalue weighted by Gasteiger charge is 2.36. The van der Waals surface area contributed by atoms with Crippen LogP contribution in [0.15, 0.2) is 102 Å². The van der Waals surface area contributed by atoms with Crippen LogP contribution in [-0.2, 0) is 32.6 Å². The first-order chi connectivity index (χ1) is 23.6. The number of hydrogen-bond donors (Lipinski definition) is 1. The van der Waals surface area contributed by atoms with Gasteiger partial charge in [-0.15, -0.1) is 0 Å². The zero-order chi connectivity index (χ0) is 35.0. The Kier molecular flexibility index (Phi) is 12.3. The average Bonchev–Trinajstić information content (AvgIpc) is 3.10. The first-order valence-electron chi connectivity index (χ1n) is 16.4. The van der Waals surface area contributed by atoms with Crippen LogP contribution in [0, 0.1) is 6.92 Å². The topological polar surface area (TPSA) is 96.0 Å². The van der Waals surface area contributed by atoms with Crippen LogP contribution in [0.2, 0.25) is 10.0 Å². The van der Waals surface area contributed by atoms with Crippen molar-refractivity contribution in [3.63, 3.8) is 0 Å². The van der Waals surface area contributed by atoms with Crippen LogP contribution in [0.4, 0.5) is 5.69 Å². The van der Waals surface area contributed by atoms with Gasteiger partial charge >= 0.3 is 0 Å². The van der Waals surface area contributed by atoms with Gasteiger partial charge in [0.2, 0.25) is 11.8 Å². The number of aryl methyl sites for hydroxylation is 1. The summed E-state index contributed by atoms with van der Waals surface area (Å²) >= 11 is 12.9. The lowest BCUT2D eigenvalue weighted by atomic mass is 9.94. The second kappa shape index (κ2) is 16.6. The first kappa shape index (κ1) is 36.2. The molecule has 1 aliphatic rings. The molecule has 11 heteroatoms. The molecule has 1 N–H and O–H groups in total. The Balaban J connectivity index is 1.61. The number of amides is 2. The highest BCUT2D eigenvalue weighted by Crippen LogP contribution is 2.34. The molecule has 49 heavy (non-hydrogen) atoms. The standard InChI is InChI=1S/C38H41Cl2N3O5S/c1-27-18-21-36(48-2)34(22-27)43(49(46,47)32-16-10-5-11-17-32)26-37(44)42(25-29-19-20-30(39)24-33(29)40)35(23-28-12-6-3-7-13-28)38(45)41-31-14-8-4-9-15-31/h3,5-7,10-13,16-22,24,31,35H,4,8-9,14-15,23,25-26H2,1-2H3,(H,41,45). The molecular formula is C38H41Cl2N3O5S. The number of carbonyl (C=O) groups excluding carboxylic acids is 2. The van der Waals surface area contributed by atoms with E-state index >= 15 is 0 Å². The van der Waals surface area contributed by atoms with Crippen molar-refractivity contribution in [1.82, 2.24) is 10.2 Å². The number of benzene rings is 4. The Labute approximate surface area is 299 Å². The van der Waals surface area contributed by atoms with E-state index in [9.17, 15) is 18.0 Å². The number of anilines is 1. The molecule has 0 saturated heterocycles. The Bertz CT molecular complexity index is 1850. The highest BCUT2D eigenvalue weighted by molar-refractivity contribution is 7.92. The summed E-state index contributed by atoms with van der Waals surface area (Å²) < 4.78 is 35.4. The number of hydrogen-bond acceptors (Lipinski definition) is 5. The lowest BCUT2D eigenvalue weighted by Gasteiger charge is -2.35. The van der Waals surface area contributed by atoms with Gasteiger partial charge in [0.05, 0.1) is 17.7 Å². The summed E-state index contributed by atoms with van der Waals surface area (Å²) in [7, 11) is -2.84. The molecule has 0 spiro atoms. The van der Waals surface area contributed by atoms with Gasteiger partial charge in [-0.3, -0.25) is 13.9 Å². The third kappa shape index (κ3) is 9.15. The average molecular weight is 723 g/mol. The van der Waals surface area contributed by atoms with Crippen molar-refractivity contribution in [2.24, 2.45) is 0 Å². The summed E-state index contributed by atoms with van der Waals surface area (Å²) in [5, 5.41) is 3.96. The number of methoxy groups -OCH3 is 1. The molecule has 4 aromatic rings. The van der Waals surface area contributed by atoms with E-state index in [1.165, 1.54) is 24.1 Å². The van der Waals surface area contributed by atoms with Gasteiger partial charge in [-0.25, -0.2) is 8.42 Å². The summed E-state index contributed by atoms with van der Waals surface area (Å²) in [6.07, 6.45) is 5.07. The summed E-state index contributed by atoms with van der Waals surface area (Å²) in [4.78, 5) is 30.6. The van der Waals surface area contributed by atoms with Gasteiger partial charge in [0.25, 0.3) is 10.0 Å². The molecule has 5 rings (SSSR count). The number of sulfonamides is 1. The van der Waals surface area contributed by atoms with E-state index in [0.717, 1.165) is 47.5 Å². The fourth-order valence-electron chi connectivity index (χ4n) is 6.16. The molecule has 8 nitrogen and oxygen atoms in total. The molecular weight excluding hydrogens is 681 g/mol. The number of rotatable bonds is 13. The van der Waals surface area contributed by atoms with Gasteiger partial charge in [0, 0.05) is 29.1 Å². The van der Waals surface area contributed by atoms with Crippen molar-refractivity contribution in [2.75, 3.05) is 18.0 Å². The Morgan fingerprint density at radius 1 is 0.898 bits per heavy atom. The molecule has 2 amide bonds. The molecule has 1 atom stereocenters. The van der Waals surface area contributed by atoms with Crippen molar-refractivity contribution >= 4 is 50.7 Å². The predicted octanol–water partition coefficient (Wildman–Crippen LogP) is 7.59. The monoisotopic (exact) mass is 721 g/mol. The zero-order valence-electron chi connectivity index (χ0n) is 27.6. The Morgan fingerprint density at radius 3 is 2.22 bits per heavy atom. The van der Waals surface area contributed by atoms with E-state index in [4.69, 9.17) is 27.9 Å². The van der Waals surface area contributed by atoms with Crippen molar-refractivity contribution in [2.45, 2.75) is 69.0 Å². The summed E-state index contributed by atoms with van der Waals surface area (Å²) in [6.45, 7) is 1.16. The molecule has 0 bridgehead atoms. The lowest BCUT2D eigenvalue weighted by Crippen LogP contribution is -2.55. The van der Waals surface area contributed by atoms with Crippen molar-refractivity contribution in [3.05, 3.63) is 124 Å². The van der Waals surface area contributed by atoms with E-state index in [1.54, 1.807) is 54.6 Å². The molecule has 1 saturated carbocycles. The second-order valence-electron chi connectivity index (χ2n) is 12.3. The van der Waals surface area contributed by atoms with E-state index < -0.39 is 28.5 Å². The molecule has 258 valence electrons. The van der Waals surface area contributed by atoms with E-state index in [0.29, 0.717) is 15.6 Å². The second-order valence-corrected chi connectivity index (χ2v) is 15.0. The van der Waals surface area contributed by atoms with Crippen LogP contribution in [0.25, 0.3) is 0 Å². The molecule has 1 unspecified atom stereocenters. The van der Waals surface area contributed by atoms with Gasteiger partial charge in [-0.05, 0) is 72.9 Å². The van der Waals surface area contributed by atoms with E-state index in [-0.39, 0.29) is 41.2 Å². The fourth-order valence-corrected chi connectivity index (χ4v) is 8.07. The summed E-state index contributed by atoms with van der Waals surface area (Å²) in [6, 6.07) is 26.5. The van der Waals surface area contributed by atoms with Crippen LogP contribution in [-0.4, -0.2) is 50.9 Å². The number of carbonyl (C=O) groups is 2. The maximum absolute atomic E-state index is 14.8. The smallest absolute Gasteiger partial charge is 0.264 e. The maximum atomic E-state index is 14.8. The minimum Gasteiger partial charge on any atom is -0.495 e. The van der Waals surface area contributed by atoms with Crippen molar-refractivity contribution < 1.29 is 22.7 Å². The van der Waals surface area contributed by atoms with Crippen LogP contribution in [0.3, 0.4) is 0 Å². The molecule has 0 radical (unpaired) electrons. The number of halogens is 2. The lowest BCUT2D eigenvalue weighted by molar-refractivity contribution is -0.140. The molecule has 0 heterocycles. The zero-order valence-corrected chi connectivity index (χ0v) is 30.0. The van der Waals surface area contributed by atoms with Gasteiger partial charge in [0.15, 0.2) is 0 Å². The largest absolute Gasteiger partial charge is 0.495 e. The Morgan fingerprint density at radius 2 is 1.57 bits per heavy atom. The van der Waals surface area contributed by atoms with Gasteiger partial charge in [-0.2, -0.15) is 0 Å². The predicted molar refractivity (Wildman–Crippen MR) is 195 cm³/mol. The SMILES string of the molecule is COc1ccc(C)cc1N(CC(=O)N(Cc1ccc(Cl)cc1Cl)C(Cc1ccccc1)C(=O)NC1CCCCC1)S(=O)(=O)c1ccccc1. The Hall–Kier alpha value is -4.05. The number of nitrogens with one attached hydrogen (secondary N) is 1. The van der Waals surface area contributed by atoms with Gasteiger partial charge < -0.3 is 15.0 Å². The first-order valence-corrected chi connectivity index (χ1v) is 18.6. The molecule has 0 aliphatic heterocycles. The third-order valence-corrected chi connectivity index (χ3v) is 11.2. The highest BCUT2D eigenvalue weighted by atomic mass is 35.5. The minimum atomic E-state index is -4.28. The maximum Gasteiger partial charge on any atom is 0.264 e. The molecule has 1 fully saturated rings. The molecule has 4 aromatic carbocycles. The normalized spacial score (nSPS) is 14.1. The van der Waals surface area contributed by atoms with E-state index in [1.807, 2.05) is 37.3 Å². The van der Waals surface area contributed by atoms with Crippen LogP contribution < -0.4 is 14.4 Å². The molecule has 1 aliphatic carbocycles. The van der Waals surface area contributed by atoms with Gasteiger partial charge in [-0.1, -0.05) is 103 Å². The third-order valence-electron chi connectivity index (χ3n) is 8.79. The van der Waals surface area contributed by atoms with Crippen molar-refractivity contribution in [3.8, 4) is 5.75 Å². The minimum absolute atomic E-state index is 0.00883.